The number of benzene rings is 1. The van der Waals surface area contributed by atoms with E-state index < -0.39 is 15.7 Å². The maximum atomic E-state index is 11.4. The van der Waals surface area contributed by atoms with Gasteiger partial charge in [-0.2, -0.15) is 8.42 Å². The van der Waals surface area contributed by atoms with Gasteiger partial charge < -0.3 is 10.0 Å². The van der Waals surface area contributed by atoms with Gasteiger partial charge in [0, 0.05) is 6.54 Å². The molecule has 0 aliphatic carbocycles. The molecule has 0 spiro atoms. The molecule has 158 valence electrons. The molecule has 6 heteroatoms. The van der Waals surface area contributed by atoms with E-state index >= 15 is 0 Å². The van der Waals surface area contributed by atoms with E-state index in [9.17, 15) is 13.5 Å². The first-order valence-corrected chi connectivity index (χ1v) is 11.6. The number of hydrogen-bond acceptors (Lipinski definition) is 4. The van der Waals surface area contributed by atoms with Crippen molar-refractivity contribution in [1.29, 1.82) is 0 Å². The largest absolute Gasteiger partial charge is 0.385 e. The number of aliphatic hydroxyl groups is 1. The average Bonchev–Trinajstić information content (AvgIpc) is 2.60. The Labute approximate surface area is 166 Å². The molecule has 0 radical (unpaired) electrons. The van der Waals surface area contributed by atoms with Crippen molar-refractivity contribution in [3.05, 3.63) is 35.9 Å². The van der Waals surface area contributed by atoms with Crippen LogP contribution in [0.15, 0.2) is 30.3 Å². The average molecular weight is 402 g/mol. The van der Waals surface area contributed by atoms with Crippen molar-refractivity contribution in [3.63, 3.8) is 0 Å². The Morgan fingerprint density at radius 3 is 1.85 bits per heavy atom. The van der Waals surface area contributed by atoms with Crippen LogP contribution >= 0.6 is 0 Å². The molecule has 0 saturated carbocycles. The number of hydrogen-bond donors (Lipinski definition) is 2. The van der Waals surface area contributed by atoms with Crippen molar-refractivity contribution < 1.29 is 18.1 Å². The third-order valence-corrected chi connectivity index (χ3v) is 5.55. The lowest BCUT2D eigenvalue weighted by atomic mass is 9.74. The van der Waals surface area contributed by atoms with Crippen molar-refractivity contribution >= 4 is 10.1 Å². The van der Waals surface area contributed by atoms with Crippen LogP contribution in [0.4, 0.5) is 0 Å². The highest BCUT2D eigenvalue weighted by molar-refractivity contribution is 7.85. The van der Waals surface area contributed by atoms with Crippen LogP contribution < -0.4 is 0 Å². The highest BCUT2D eigenvalue weighted by atomic mass is 32.2. The molecule has 2 N–H and O–H groups in total. The minimum Gasteiger partial charge on any atom is -0.385 e. The topological polar surface area (TPSA) is 77.8 Å². The van der Waals surface area contributed by atoms with Crippen LogP contribution in [0.2, 0.25) is 0 Å². The van der Waals surface area contributed by atoms with Crippen LogP contribution in [0.3, 0.4) is 0 Å². The summed E-state index contributed by atoms with van der Waals surface area (Å²) in [5.41, 5.74) is 0.381. The quantitative estimate of drug-likeness (QED) is 0.540. The van der Waals surface area contributed by atoms with E-state index in [0.29, 0.717) is 12.3 Å². The van der Waals surface area contributed by atoms with Gasteiger partial charge in [-0.05, 0) is 51.3 Å². The zero-order valence-corrected chi connectivity index (χ0v) is 18.5. The molecule has 0 aromatic heterocycles. The van der Waals surface area contributed by atoms with E-state index in [0.717, 1.165) is 44.2 Å². The summed E-state index contributed by atoms with van der Waals surface area (Å²) in [5.74, 6) is 0.215. The number of nitrogens with zero attached hydrogens (tertiary/aromatic N) is 1. The van der Waals surface area contributed by atoms with Gasteiger partial charge in [-0.15, -0.1) is 0 Å². The molecule has 0 bridgehead atoms. The fourth-order valence-electron chi connectivity index (χ4n) is 3.28. The van der Waals surface area contributed by atoms with E-state index in [1.165, 1.54) is 0 Å². The van der Waals surface area contributed by atoms with Crippen molar-refractivity contribution in [1.82, 2.24) is 4.90 Å². The third kappa shape index (κ3) is 10.8. The van der Waals surface area contributed by atoms with Gasteiger partial charge in [0.25, 0.3) is 10.1 Å². The summed E-state index contributed by atoms with van der Waals surface area (Å²) in [6.07, 6.45) is 5.70. The van der Waals surface area contributed by atoms with Gasteiger partial charge in [0.15, 0.2) is 0 Å². The summed E-state index contributed by atoms with van der Waals surface area (Å²) in [6.45, 7) is 7.02. The minimum atomic E-state index is -3.67. The molecule has 0 heterocycles. The van der Waals surface area contributed by atoms with Crippen LogP contribution in [-0.4, -0.2) is 49.4 Å². The Kier molecular flexibility index (Phi) is 12.8. The smallest absolute Gasteiger partial charge is 0.264 e. The van der Waals surface area contributed by atoms with Crippen LogP contribution in [0.25, 0.3) is 0 Å². The monoisotopic (exact) mass is 401 g/mol. The lowest BCUT2D eigenvalue weighted by Gasteiger charge is -2.38. The second-order valence-electron chi connectivity index (χ2n) is 7.40. The summed E-state index contributed by atoms with van der Waals surface area (Å²) in [6, 6.07) is 10.2. The molecule has 1 atom stereocenters. The van der Waals surface area contributed by atoms with Crippen LogP contribution in [0, 0.1) is 5.92 Å². The van der Waals surface area contributed by atoms with Crippen molar-refractivity contribution in [2.75, 3.05) is 26.4 Å². The molecule has 0 aliphatic rings. The fourth-order valence-corrected chi connectivity index (χ4v) is 3.80. The van der Waals surface area contributed by atoms with Gasteiger partial charge in [-0.3, -0.25) is 4.55 Å². The maximum Gasteiger partial charge on any atom is 0.264 e. The van der Waals surface area contributed by atoms with Gasteiger partial charge in [-0.1, -0.05) is 63.9 Å². The molecule has 27 heavy (non-hydrogen) atoms. The Hall–Kier alpha value is -0.950. The Morgan fingerprint density at radius 2 is 1.52 bits per heavy atom. The van der Waals surface area contributed by atoms with E-state index in [1.807, 2.05) is 18.2 Å². The second kappa shape index (κ2) is 13.3. The molecule has 5 nitrogen and oxygen atoms in total. The van der Waals surface area contributed by atoms with Crippen molar-refractivity contribution in [2.24, 2.45) is 5.92 Å². The second-order valence-corrected chi connectivity index (χ2v) is 8.98. The number of rotatable bonds is 11. The van der Waals surface area contributed by atoms with E-state index in [4.69, 9.17) is 4.55 Å². The van der Waals surface area contributed by atoms with Gasteiger partial charge in [0.1, 0.15) is 0 Å². The Morgan fingerprint density at radius 1 is 1.00 bits per heavy atom. The summed E-state index contributed by atoms with van der Waals surface area (Å²) in [7, 11) is 0.465. The first-order chi connectivity index (χ1) is 12.6. The molecular weight excluding hydrogens is 362 g/mol. The predicted molar refractivity (Wildman–Crippen MR) is 114 cm³/mol. The highest BCUT2D eigenvalue weighted by Gasteiger charge is 2.36. The molecule has 0 saturated heterocycles. The van der Waals surface area contributed by atoms with Gasteiger partial charge in [0.05, 0.1) is 11.4 Å². The van der Waals surface area contributed by atoms with Gasteiger partial charge >= 0.3 is 0 Å². The first-order valence-electron chi connectivity index (χ1n) is 9.98. The van der Waals surface area contributed by atoms with Crippen LogP contribution in [0.5, 0.6) is 0 Å². The molecule has 0 aliphatic heterocycles. The van der Waals surface area contributed by atoms with Gasteiger partial charge in [0.2, 0.25) is 0 Å². The Balaban J connectivity index is 0.000000821. The van der Waals surface area contributed by atoms with Crippen LogP contribution in [-0.2, 0) is 15.7 Å². The van der Waals surface area contributed by atoms with Crippen LogP contribution in [0.1, 0.15) is 64.9 Å². The van der Waals surface area contributed by atoms with Crippen molar-refractivity contribution in [3.8, 4) is 0 Å². The summed E-state index contributed by atoms with van der Waals surface area (Å²) in [5, 5.41) is 11.4. The molecular formula is C21H39NO4S. The third-order valence-electron chi connectivity index (χ3n) is 4.63. The molecule has 1 unspecified atom stereocenters. The normalized spacial score (nSPS) is 14.0. The van der Waals surface area contributed by atoms with Gasteiger partial charge in [-0.25, -0.2) is 0 Å². The molecule has 1 aromatic rings. The SMILES string of the molecule is CCCC(CCC)C(O)(CCN(C)C)c1ccccc1.CCCS(=O)(=O)O. The van der Waals surface area contributed by atoms with E-state index in [2.05, 4.69) is 45.0 Å². The lowest BCUT2D eigenvalue weighted by molar-refractivity contribution is -0.0437. The molecule has 1 aromatic carbocycles. The molecule has 1 rings (SSSR count). The zero-order chi connectivity index (χ0) is 20.9. The fraction of sp³-hybridized carbons (Fsp3) is 0.714. The maximum absolute atomic E-state index is 11.4. The predicted octanol–water partition coefficient (Wildman–Crippen LogP) is 4.33. The molecule has 0 amide bonds. The van der Waals surface area contributed by atoms with Crippen molar-refractivity contribution in [2.45, 2.75) is 64.9 Å². The zero-order valence-electron chi connectivity index (χ0n) is 17.7. The highest BCUT2D eigenvalue weighted by Crippen LogP contribution is 2.38. The lowest BCUT2D eigenvalue weighted by Crippen LogP contribution is -2.38. The summed E-state index contributed by atoms with van der Waals surface area (Å²) < 4.78 is 27.6. The summed E-state index contributed by atoms with van der Waals surface area (Å²) in [4.78, 5) is 2.16. The van der Waals surface area contributed by atoms with E-state index in [1.54, 1.807) is 6.92 Å². The first kappa shape index (κ1) is 26.1. The Bertz CT molecular complexity index is 583. The molecule has 0 fully saturated rings. The minimum absolute atomic E-state index is 0.132. The standard InChI is InChI=1S/C18H31NO.C3H8O3S/c1-5-10-16(11-6-2)18(20,14-15-19(3)4)17-12-8-7-9-13-17;1-2-3-7(4,5)6/h7-9,12-13,16,20H,5-6,10-11,14-15H2,1-4H3;2-3H2,1H3,(H,4,5,6). The summed E-state index contributed by atoms with van der Waals surface area (Å²) >= 11 is 0. The van der Waals surface area contributed by atoms with E-state index in [-0.39, 0.29) is 5.75 Å².